The van der Waals surface area contributed by atoms with Crippen LogP contribution in [-0.4, -0.2) is 45.1 Å². The Morgan fingerprint density at radius 3 is 2.35 bits per heavy atom. The molecule has 0 saturated carbocycles. The third-order valence-electron chi connectivity index (χ3n) is 2.76. The number of carbonyl (C=O) groups is 4. The zero-order valence-corrected chi connectivity index (χ0v) is 11.8. The summed E-state index contributed by atoms with van der Waals surface area (Å²) < 4.78 is 0. The van der Waals surface area contributed by atoms with E-state index in [-0.39, 0.29) is 13.8 Å². The molecule has 0 fully saturated rings. The number of aliphatic hydroxyl groups excluding tert-OH is 1. The number of aliphatic hydroxyl groups is 1. The second kappa shape index (κ2) is 9.26. The van der Waals surface area contributed by atoms with Gasteiger partial charge in [0.05, 0.1) is 0 Å². The number of hydrogen-bond donors (Lipinski definition) is 3. The van der Waals surface area contributed by atoms with Crippen LogP contribution >= 0.6 is 0 Å². The van der Waals surface area contributed by atoms with Gasteiger partial charge in [-0.2, -0.15) is 0 Å². The molecule has 1 heterocycles. The molecule has 2 rings (SSSR count). The van der Waals surface area contributed by atoms with Crippen LogP contribution in [0.1, 0.15) is 19.9 Å². The standard InChI is InChI=1S/C11H9NO2.C4H6O4.CH4/c13-7-9(14)5-8-6-12-11-4-2-1-3-10(8)11;1-2(5)3(6)4(7)8;/h1-4,6-7,12H,5H2;2,5H,1H3,(H,7,8);1H4. The van der Waals surface area contributed by atoms with Gasteiger partial charge in [-0.25, -0.2) is 4.79 Å². The highest BCUT2D eigenvalue weighted by Crippen LogP contribution is 2.17. The predicted octanol–water partition coefficient (Wildman–Crippen LogP) is 1.14. The summed E-state index contributed by atoms with van der Waals surface area (Å²) >= 11 is 0. The first-order chi connectivity index (χ1) is 10.4. The van der Waals surface area contributed by atoms with Crippen LogP contribution in [0.2, 0.25) is 0 Å². The fourth-order valence-corrected chi connectivity index (χ4v) is 1.69. The van der Waals surface area contributed by atoms with Gasteiger partial charge >= 0.3 is 5.97 Å². The van der Waals surface area contributed by atoms with Crippen LogP contribution < -0.4 is 0 Å². The van der Waals surface area contributed by atoms with Crippen LogP contribution in [0.5, 0.6) is 0 Å². The van der Waals surface area contributed by atoms with E-state index in [0.29, 0.717) is 6.29 Å². The number of aromatic amines is 1. The summed E-state index contributed by atoms with van der Waals surface area (Å²) in [6.07, 6.45) is 0.911. The lowest BCUT2D eigenvalue weighted by atomic mass is 10.1. The summed E-state index contributed by atoms with van der Waals surface area (Å²) in [5.74, 6) is -3.17. The quantitative estimate of drug-likeness (QED) is 0.560. The number of aliphatic carboxylic acids is 1. The smallest absolute Gasteiger partial charge is 0.374 e. The molecule has 0 bridgehead atoms. The summed E-state index contributed by atoms with van der Waals surface area (Å²) in [6, 6.07) is 7.69. The Hall–Kier alpha value is -2.80. The van der Waals surface area contributed by atoms with Gasteiger partial charge in [0, 0.05) is 23.5 Å². The third kappa shape index (κ3) is 5.84. The average molecular weight is 321 g/mol. The van der Waals surface area contributed by atoms with Crippen LogP contribution in [0.4, 0.5) is 0 Å². The maximum Gasteiger partial charge on any atom is 0.374 e. The van der Waals surface area contributed by atoms with Crippen molar-refractivity contribution in [2.24, 2.45) is 0 Å². The minimum absolute atomic E-state index is 0. The zero-order valence-electron chi connectivity index (χ0n) is 11.8. The highest BCUT2D eigenvalue weighted by molar-refractivity contribution is 6.34. The van der Waals surface area contributed by atoms with Gasteiger partial charge in [0.15, 0.2) is 12.1 Å². The second-order valence-corrected chi connectivity index (χ2v) is 4.47. The van der Waals surface area contributed by atoms with Crippen molar-refractivity contribution in [3.8, 4) is 0 Å². The molecule has 0 amide bonds. The van der Waals surface area contributed by atoms with E-state index in [0.717, 1.165) is 23.4 Å². The average Bonchev–Trinajstić information content (AvgIpc) is 2.90. The zero-order chi connectivity index (χ0) is 16.7. The molecule has 0 aliphatic carbocycles. The molecule has 1 unspecified atom stereocenters. The van der Waals surface area contributed by atoms with Crippen LogP contribution in [-0.2, 0) is 25.6 Å². The number of fused-ring (bicyclic) bond motifs is 1. The van der Waals surface area contributed by atoms with Crippen molar-refractivity contribution in [2.75, 3.05) is 0 Å². The Morgan fingerprint density at radius 2 is 1.87 bits per heavy atom. The predicted molar refractivity (Wildman–Crippen MR) is 84.1 cm³/mol. The fourth-order valence-electron chi connectivity index (χ4n) is 1.69. The van der Waals surface area contributed by atoms with Gasteiger partial charge in [-0.1, -0.05) is 25.6 Å². The normalized spacial score (nSPS) is 10.7. The number of hydrogen-bond acceptors (Lipinski definition) is 5. The first-order valence-electron chi connectivity index (χ1n) is 6.35. The molecule has 0 aliphatic rings. The Labute approximate surface area is 132 Å². The number of nitrogens with one attached hydrogen (secondary N) is 1. The highest BCUT2D eigenvalue weighted by Gasteiger charge is 2.16. The van der Waals surface area contributed by atoms with E-state index in [1.165, 1.54) is 0 Å². The van der Waals surface area contributed by atoms with E-state index in [4.69, 9.17) is 10.2 Å². The molecule has 1 atom stereocenters. The molecule has 124 valence electrons. The van der Waals surface area contributed by atoms with Crippen LogP contribution in [0.15, 0.2) is 30.5 Å². The van der Waals surface area contributed by atoms with E-state index < -0.39 is 23.6 Å². The SMILES string of the molecule is C.CC(O)C(=O)C(=O)O.O=CC(=O)Cc1c[nH]c2ccccc12. The Balaban J connectivity index is 0.000000469. The van der Waals surface area contributed by atoms with Gasteiger partial charge in [-0.15, -0.1) is 0 Å². The van der Waals surface area contributed by atoms with Crippen molar-refractivity contribution < 1.29 is 29.4 Å². The van der Waals surface area contributed by atoms with Crippen molar-refractivity contribution in [3.05, 3.63) is 36.0 Å². The monoisotopic (exact) mass is 321 g/mol. The molecule has 0 radical (unpaired) electrons. The number of Topliss-reactive ketones (excluding diaryl/α,β-unsaturated/α-hetero) is 2. The van der Waals surface area contributed by atoms with E-state index >= 15 is 0 Å². The van der Waals surface area contributed by atoms with Gasteiger partial charge in [0.25, 0.3) is 5.78 Å². The number of aromatic nitrogens is 1. The number of aldehydes is 1. The lowest BCUT2D eigenvalue weighted by molar-refractivity contribution is -0.152. The van der Waals surface area contributed by atoms with Gasteiger partial charge in [0.1, 0.15) is 6.10 Å². The number of rotatable bonds is 5. The minimum Gasteiger partial charge on any atom is -0.475 e. The van der Waals surface area contributed by atoms with Gasteiger partial charge in [-0.3, -0.25) is 14.4 Å². The Kier molecular flexibility index (Phi) is 8.14. The van der Waals surface area contributed by atoms with Crippen molar-refractivity contribution in [3.63, 3.8) is 0 Å². The molecule has 1 aromatic heterocycles. The number of ketones is 2. The van der Waals surface area contributed by atoms with Gasteiger partial charge < -0.3 is 15.2 Å². The van der Waals surface area contributed by atoms with E-state index in [2.05, 4.69) is 4.98 Å². The second-order valence-electron chi connectivity index (χ2n) is 4.47. The lowest BCUT2D eigenvalue weighted by Gasteiger charge is -1.93. The van der Waals surface area contributed by atoms with E-state index in [1.54, 1.807) is 6.20 Å². The van der Waals surface area contributed by atoms with Gasteiger partial charge in [0.2, 0.25) is 0 Å². The molecular weight excluding hydrogens is 302 g/mol. The molecule has 7 heteroatoms. The summed E-state index contributed by atoms with van der Waals surface area (Å²) in [7, 11) is 0. The number of H-pyrrole nitrogens is 1. The number of benzene rings is 1. The van der Waals surface area contributed by atoms with Crippen molar-refractivity contribution >= 4 is 34.7 Å². The highest BCUT2D eigenvalue weighted by atomic mass is 16.4. The van der Waals surface area contributed by atoms with Crippen molar-refractivity contribution in [2.45, 2.75) is 26.9 Å². The van der Waals surface area contributed by atoms with Crippen molar-refractivity contribution in [1.82, 2.24) is 4.98 Å². The number of para-hydroxylation sites is 1. The van der Waals surface area contributed by atoms with E-state index in [1.807, 2.05) is 24.3 Å². The molecule has 7 nitrogen and oxygen atoms in total. The minimum atomic E-state index is -1.60. The molecule has 1 aromatic carbocycles. The Morgan fingerprint density at radius 1 is 1.26 bits per heavy atom. The van der Waals surface area contributed by atoms with Gasteiger partial charge in [-0.05, 0) is 18.6 Å². The largest absolute Gasteiger partial charge is 0.475 e. The topological polar surface area (TPSA) is 125 Å². The summed E-state index contributed by atoms with van der Waals surface area (Å²) in [5, 5.41) is 17.1. The molecule has 2 aromatic rings. The first-order valence-corrected chi connectivity index (χ1v) is 6.35. The molecule has 0 aliphatic heterocycles. The summed E-state index contributed by atoms with van der Waals surface area (Å²) in [6.45, 7) is 1.11. The van der Waals surface area contributed by atoms with Crippen molar-refractivity contribution in [1.29, 1.82) is 0 Å². The molecule has 23 heavy (non-hydrogen) atoms. The molecular formula is C16H19NO6. The number of carbonyl (C=O) groups excluding carboxylic acids is 3. The fraction of sp³-hybridized carbons (Fsp3) is 0.250. The first kappa shape index (κ1) is 20.2. The third-order valence-corrected chi connectivity index (χ3v) is 2.76. The summed E-state index contributed by atoms with van der Waals surface area (Å²) in [5.41, 5.74) is 1.86. The van der Waals surface area contributed by atoms with Crippen LogP contribution in [0.3, 0.4) is 0 Å². The molecule has 0 spiro atoms. The summed E-state index contributed by atoms with van der Waals surface area (Å²) in [4.78, 5) is 43.8. The van der Waals surface area contributed by atoms with Crippen LogP contribution in [0.25, 0.3) is 10.9 Å². The lowest BCUT2D eigenvalue weighted by Crippen LogP contribution is -2.24. The van der Waals surface area contributed by atoms with E-state index in [9.17, 15) is 19.2 Å². The maximum absolute atomic E-state index is 10.9. The van der Waals surface area contributed by atoms with Crippen LogP contribution in [0, 0.1) is 0 Å². The number of carboxylic acids is 1. The molecule has 3 N–H and O–H groups in total. The number of carboxylic acid groups (broad SMARTS) is 1. The Bertz CT molecular complexity index is 701. The maximum atomic E-state index is 10.9. The molecule has 0 saturated heterocycles.